The van der Waals surface area contributed by atoms with E-state index in [2.05, 4.69) is 33.6 Å². The monoisotopic (exact) mass is 445 g/mol. The molecule has 33 heavy (non-hydrogen) atoms. The molecule has 4 rings (SSSR count). The molecule has 2 aromatic heterocycles. The molecule has 168 valence electrons. The zero-order chi connectivity index (χ0) is 23.2. The van der Waals surface area contributed by atoms with Gasteiger partial charge < -0.3 is 14.9 Å². The van der Waals surface area contributed by atoms with Gasteiger partial charge in [-0.15, -0.1) is 10.2 Å². The maximum atomic E-state index is 13.2. The van der Waals surface area contributed by atoms with Crippen LogP contribution in [-0.4, -0.2) is 33.0 Å². The number of nitrogens with two attached hydrogens (primary N) is 1. The molecule has 9 nitrogen and oxygen atoms in total. The van der Waals surface area contributed by atoms with Crippen LogP contribution in [0.1, 0.15) is 42.1 Å². The fourth-order valence-electron chi connectivity index (χ4n) is 3.34. The van der Waals surface area contributed by atoms with E-state index in [-0.39, 0.29) is 39.6 Å². The van der Waals surface area contributed by atoms with Gasteiger partial charge in [0.1, 0.15) is 23.6 Å². The lowest BCUT2D eigenvalue weighted by Gasteiger charge is -2.09. The number of allylic oxidation sites excluding steroid dienone is 1. The van der Waals surface area contributed by atoms with Crippen molar-refractivity contribution in [3.8, 4) is 17.3 Å². The summed E-state index contributed by atoms with van der Waals surface area (Å²) in [6, 6.07) is 11.6. The van der Waals surface area contributed by atoms with Crippen LogP contribution >= 0.6 is 0 Å². The zero-order valence-electron chi connectivity index (χ0n) is 18.1. The second-order valence-electron chi connectivity index (χ2n) is 7.37. The van der Waals surface area contributed by atoms with Gasteiger partial charge in [-0.1, -0.05) is 38.0 Å². The topological polar surface area (TPSA) is 137 Å². The van der Waals surface area contributed by atoms with E-state index in [9.17, 15) is 9.59 Å². The van der Waals surface area contributed by atoms with Crippen molar-refractivity contribution in [1.82, 2.24) is 20.6 Å². The van der Waals surface area contributed by atoms with Crippen LogP contribution < -0.4 is 15.9 Å². The number of ketones is 1. The molecule has 9 heteroatoms. The number of fused-ring (bicyclic) bond motifs is 1. The first-order chi connectivity index (χ1) is 16.1. The summed E-state index contributed by atoms with van der Waals surface area (Å²) in [4.78, 5) is 26.0. The van der Waals surface area contributed by atoms with Crippen molar-refractivity contribution >= 4 is 22.4 Å². The van der Waals surface area contributed by atoms with Gasteiger partial charge >= 0.3 is 0 Å². The number of nitrogens with one attached hydrogen (secondary N) is 1. The number of H-pyrrole nitrogens is 1. The standard InChI is InChI=1S/C24H23N5O4/c1-2-3-4-5-6-14-32-16-12-10-15(11-13-16)20(30)17-8-7-9-18-21(31)19(25)23(33-22(17)18)24-26-28-29-27-24/h5-13H,2-4,14,25H2,1H3,(H,26,27,28,29)/b6-5+. The molecule has 0 aliphatic heterocycles. The van der Waals surface area contributed by atoms with E-state index in [4.69, 9.17) is 14.9 Å². The highest BCUT2D eigenvalue weighted by Crippen LogP contribution is 2.28. The first kappa shape index (κ1) is 21.9. The molecular weight excluding hydrogens is 422 g/mol. The number of ether oxygens (including phenoxy) is 1. The predicted octanol–water partition coefficient (Wildman–Crippen LogP) is 3.91. The molecule has 0 radical (unpaired) electrons. The highest BCUT2D eigenvalue weighted by molar-refractivity contribution is 6.15. The summed E-state index contributed by atoms with van der Waals surface area (Å²) in [5.74, 6) is 0.332. The largest absolute Gasteiger partial charge is 0.490 e. The van der Waals surface area contributed by atoms with E-state index in [1.165, 1.54) is 0 Å². The number of unbranched alkanes of at least 4 members (excludes halogenated alkanes) is 2. The van der Waals surface area contributed by atoms with E-state index in [0.29, 0.717) is 17.9 Å². The molecule has 0 saturated carbocycles. The van der Waals surface area contributed by atoms with Gasteiger partial charge in [0.15, 0.2) is 5.78 Å². The zero-order valence-corrected chi connectivity index (χ0v) is 18.1. The molecule has 0 bridgehead atoms. The Morgan fingerprint density at radius 2 is 2.00 bits per heavy atom. The van der Waals surface area contributed by atoms with E-state index in [0.717, 1.165) is 19.3 Å². The van der Waals surface area contributed by atoms with Crippen LogP contribution in [0, 0.1) is 0 Å². The van der Waals surface area contributed by atoms with Crippen LogP contribution in [0.5, 0.6) is 5.75 Å². The SMILES string of the molecule is CCCC/C=C/COc1ccc(C(=O)c2cccc3c(=O)c(N)c(-c4nn[nH]n4)oc23)cc1. The van der Waals surface area contributed by atoms with Crippen LogP contribution in [0.4, 0.5) is 5.69 Å². The molecule has 0 spiro atoms. The molecule has 0 aliphatic rings. The van der Waals surface area contributed by atoms with Crippen LogP contribution in [0.15, 0.2) is 63.8 Å². The number of hydrogen-bond donors (Lipinski definition) is 2. The number of carbonyl (C=O) groups excluding carboxylic acids is 1. The molecule has 0 atom stereocenters. The van der Waals surface area contributed by atoms with E-state index < -0.39 is 5.43 Å². The van der Waals surface area contributed by atoms with Crippen molar-refractivity contribution in [2.75, 3.05) is 12.3 Å². The number of aromatic nitrogens is 4. The van der Waals surface area contributed by atoms with Crippen molar-refractivity contribution in [2.24, 2.45) is 0 Å². The maximum Gasteiger partial charge on any atom is 0.242 e. The van der Waals surface area contributed by atoms with Crippen LogP contribution in [-0.2, 0) is 0 Å². The third-order valence-electron chi connectivity index (χ3n) is 5.10. The molecule has 2 heterocycles. The van der Waals surface area contributed by atoms with Gasteiger partial charge in [-0.05, 0) is 48.0 Å². The Morgan fingerprint density at radius 3 is 2.73 bits per heavy atom. The quantitative estimate of drug-likeness (QED) is 0.225. The number of benzene rings is 2. The van der Waals surface area contributed by atoms with Crippen molar-refractivity contribution in [3.63, 3.8) is 0 Å². The number of tetrazole rings is 1. The minimum Gasteiger partial charge on any atom is -0.490 e. The summed E-state index contributed by atoms with van der Waals surface area (Å²) in [6.45, 7) is 2.62. The smallest absolute Gasteiger partial charge is 0.242 e. The molecule has 0 fully saturated rings. The number of para-hydroxylation sites is 1. The molecule has 4 aromatic rings. The lowest BCUT2D eigenvalue weighted by atomic mass is 10.0. The Morgan fingerprint density at radius 1 is 1.18 bits per heavy atom. The normalized spacial score (nSPS) is 11.3. The number of anilines is 1. The lowest BCUT2D eigenvalue weighted by Crippen LogP contribution is -2.12. The minimum atomic E-state index is -0.471. The van der Waals surface area contributed by atoms with Gasteiger partial charge in [-0.25, -0.2) is 0 Å². The highest BCUT2D eigenvalue weighted by atomic mass is 16.5. The van der Waals surface area contributed by atoms with Gasteiger partial charge in [0.05, 0.1) is 10.9 Å². The second-order valence-corrected chi connectivity index (χ2v) is 7.37. The van der Waals surface area contributed by atoms with E-state index in [1.807, 2.05) is 6.08 Å². The first-order valence-electron chi connectivity index (χ1n) is 10.6. The number of nitrogen functional groups attached to an aromatic ring is 1. The second kappa shape index (κ2) is 9.90. The van der Waals surface area contributed by atoms with Crippen molar-refractivity contribution in [3.05, 3.63) is 76.0 Å². The lowest BCUT2D eigenvalue weighted by molar-refractivity contribution is 0.103. The molecule has 0 saturated heterocycles. The summed E-state index contributed by atoms with van der Waals surface area (Å²) in [5.41, 5.74) is 6.07. The van der Waals surface area contributed by atoms with Crippen molar-refractivity contribution < 1.29 is 13.9 Å². The third-order valence-corrected chi connectivity index (χ3v) is 5.10. The minimum absolute atomic E-state index is 0.0268. The Labute approximate surface area is 189 Å². The maximum absolute atomic E-state index is 13.2. The average Bonchev–Trinajstić information content (AvgIpc) is 3.38. The summed E-state index contributed by atoms with van der Waals surface area (Å²) < 4.78 is 11.5. The van der Waals surface area contributed by atoms with Crippen LogP contribution in [0.2, 0.25) is 0 Å². The fraction of sp³-hybridized carbons (Fsp3) is 0.208. The molecule has 0 aliphatic carbocycles. The van der Waals surface area contributed by atoms with Crippen LogP contribution in [0.25, 0.3) is 22.6 Å². The number of aromatic amines is 1. The van der Waals surface area contributed by atoms with Gasteiger partial charge in [0.2, 0.25) is 17.0 Å². The average molecular weight is 445 g/mol. The molecule has 2 aromatic carbocycles. The molecule has 0 unspecified atom stereocenters. The van der Waals surface area contributed by atoms with Crippen molar-refractivity contribution in [2.45, 2.75) is 26.2 Å². The number of carbonyl (C=O) groups is 1. The molecular formula is C24H23N5O4. The number of rotatable bonds is 9. The first-order valence-corrected chi connectivity index (χ1v) is 10.6. The highest BCUT2D eigenvalue weighted by Gasteiger charge is 2.21. The van der Waals surface area contributed by atoms with Gasteiger partial charge in [0.25, 0.3) is 0 Å². The summed E-state index contributed by atoms with van der Waals surface area (Å²) >= 11 is 0. The Kier molecular flexibility index (Phi) is 6.58. The predicted molar refractivity (Wildman–Crippen MR) is 124 cm³/mol. The summed E-state index contributed by atoms with van der Waals surface area (Å²) in [7, 11) is 0. The van der Waals surface area contributed by atoms with Gasteiger partial charge in [-0.2, -0.15) is 5.21 Å². The van der Waals surface area contributed by atoms with E-state index >= 15 is 0 Å². The van der Waals surface area contributed by atoms with Gasteiger partial charge in [0, 0.05) is 5.56 Å². The Hall–Kier alpha value is -4.27. The summed E-state index contributed by atoms with van der Waals surface area (Å²) in [6.07, 6.45) is 7.44. The third kappa shape index (κ3) is 4.67. The molecule has 3 N–H and O–H groups in total. The Balaban J connectivity index is 1.61. The summed E-state index contributed by atoms with van der Waals surface area (Å²) in [5, 5.41) is 13.6. The fourth-order valence-corrected chi connectivity index (χ4v) is 3.34. The number of nitrogens with zero attached hydrogens (tertiary/aromatic N) is 3. The Bertz CT molecular complexity index is 1340. The molecule has 0 amide bonds. The van der Waals surface area contributed by atoms with Crippen molar-refractivity contribution in [1.29, 1.82) is 0 Å². The number of hydrogen-bond acceptors (Lipinski definition) is 8. The van der Waals surface area contributed by atoms with Gasteiger partial charge in [-0.3, -0.25) is 9.59 Å². The van der Waals surface area contributed by atoms with E-state index in [1.54, 1.807) is 42.5 Å². The van der Waals surface area contributed by atoms with Crippen LogP contribution in [0.3, 0.4) is 0 Å².